The van der Waals surface area contributed by atoms with Gasteiger partial charge >= 0.3 is 0 Å². The van der Waals surface area contributed by atoms with E-state index in [0.717, 1.165) is 5.69 Å². The Hall–Kier alpha value is -3.13. The number of Topliss-reactive ketones (excluding diaryl/α,β-unsaturated/α-hetero) is 1. The van der Waals surface area contributed by atoms with Crippen molar-refractivity contribution in [3.05, 3.63) is 65.4 Å². The highest BCUT2D eigenvalue weighted by atomic mass is 19.1. The van der Waals surface area contributed by atoms with E-state index in [-0.39, 0.29) is 23.6 Å². The molecule has 29 heavy (non-hydrogen) atoms. The van der Waals surface area contributed by atoms with Gasteiger partial charge in [-0.25, -0.2) is 14.1 Å². The Kier molecular flexibility index (Phi) is 5.10. The van der Waals surface area contributed by atoms with Gasteiger partial charge in [0, 0.05) is 29.7 Å². The van der Waals surface area contributed by atoms with Gasteiger partial charge in [0.15, 0.2) is 5.78 Å². The molecule has 3 heterocycles. The van der Waals surface area contributed by atoms with Crippen LogP contribution in [0, 0.1) is 18.2 Å². The summed E-state index contributed by atoms with van der Waals surface area (Å²) in [5, 5.41) is 8.18. The third-order valence-electron chi connectivity index (χ3n) is 4.93. The zero-order valence-corrected chi connectivity index (χ0v) is 16.3. The van der Waals surface area contributed by atoms with Crippen LogP contribution in [0.15, 0.2) is 42.6 Å². The maximum atomic E-state index is 13.2. The predicted octanol–water partition coefficient (Wildman–Crippen LogP) is 3.30. The van der Waals surface area contributed by atoms with E-state index in [1.54, 1.807) is 28.9 Å². The topological polar surface area (TPSA) is 79.1 Å². The highest BCUT2D eigenvalue weighted by Gasteiger charge is 2.35. The molecule has 1 aromatic carbocycles. The average Bonchev–Trinajstić information content (AvgIpc) is 3.06. The van der Waals surface area contributed by atoms with Crippen LogP contribution in [0.25, 0.3) is 5.69 Å². The summed E-state index contributed by atoms with van der Waals surface area (Å²) < 4.78 is 25.7. The van der Waals surface area contributed by atoms with Crippen LogP contribution in [0.3, 0.4) is 0 Å². The fourth-order valence-electron chi connectivity index (χ4n) is 3.15. The lowest BCUT2D eigenvalue weighted by atomic mass is 9.82. The van der Waals surface area contributed by atoms with Crippen molar-refractivity contribution in [2.45, 2.75) is 26.9 Å². The second-order valence-electron chi connectivity index (χ2n) is 7.59. The van der Waals surface area contributed by atoms with Crippen LogP contribution in [0.4, 0.5) is 4.39 Å². The van der Waals surface area contributed by atoms with E-state index < -0.39 is 0 Å². The largest absolute Gasteiger partial charge is 0.471 e. The van der Waals surface area contributed by atoms with Crippen LogP contribution in [0.5, 0.6) is 5.88 Å². The SMILES string of the molecule is Cc1nnn(-c2ccc(F)cc2)c1COc1ccc(C(=O)CC2(C)COC2)cn1. The molecule has 0 radical (unpaired) electrons. The Morgan fingerprint density at radius 2 is 2.00 bits per heavy atom. The summed E-state index contributed by atoms with van der Waals surface area (Å²) in [6, 6.07) is 9.37. The van der Waals surface area contributed by atoms with Crippen molar-refractivity contribution in [2.24, 2.45) is 5.41 Å². The van der Waals surface area contributed by atoms with Crippen molar-refractivity contribution in [1.29, 1.82) is 0 Å². The maximum absolute atomic E-state index is 13.2. The van der Waals surface area contributed by atoms with Gasteiger partial charge in [-0.15, -0.1) is 5.10 Å². The van der Waals surface area contributed by atoms with Crippen LogP contribution >= 0.6 is 0 Å². The first-order valence-electron chi connectivity index (χ1n) is 9.30. The molecule has 0 unspecified atom stereocenters. The van der Waals surface area contributed by atoms with E-state index in [0.29, 0.717) is 42.5 Å². The zero-order valence-electron chi connectivity index (χ0n) is 16.3. The monoisotopic (exact) mass is 396 g/mol. The quantitative estimate of drug-likeness (QED) is 0.570. The molecule has 0 bridgehead atoms. The number of benzene rings is 1. The number of nitrogens with zero attached hydrogens (tertiary/aromatic N) is 4. The van der Waals surface area contributed by atoms with Gasteiger partial charge in [-0.05, 0) is 37.3 Å². The molecule has 0 aliphatic carbocycles. The van der Waals surface area contributed by atoms with Gasteiger partial charge < -0.3 is 9.47 Å². The summed E-state index contributed by atoms with van der Waals surface area (Å²) in [7, 11) is 0. The van der Waals surface area contributed by atoms with Crippen molar-refractivity contribution in [1.82, 2.24) is 20.0 Å². The predicted molar refractivity (Wildman–Crippen MR) is 102 cm³/mol. The molecular formula is C21H21FN4O3. The first-order valence-corrected chi connectivity index (χ1v) is 9.30. The van der Waals surface area contributed by atoms with Crippen molar-refractivity contribution in [3.63, 3.8) is 0 Å². The summed E-state index contributed by atoms with van der Waals surface area (Å²) in [5.74, 6) is 0.122. The average molecular weight is 396 g/mol. The van der Waals surface area contributed by atoms with E-state index in [1.807, 2.05) is 13.8 Å². The normalized spacial score (nSPS) is 15.0. The molecule has 0 N–H and O–H groups in total. The van der Waals surface area contributed by atoms with Crippen molar-refractivity contribution < 1.29 is 18.7 Å². The van der Waals surface area contributed by atoms with E-state index in [9.17, 15) is 9.18 Å². The lowest BCUT2D eigenvalue weighted by Gasteiger charge is -2.37. The molecule has 0 atom stereocenters. The molecule has 1 aliphatic rings. The number of pyridine rings is 1. The van der Waals surface area contributed by atoms with Gasteiger partial charge in [-0.3, -0.25) is 4.79 Å². The van der Waals surface area contributed by atoms with E-state index >= 15 is 0 Å². The zero-order chi connectivity index (χ0) is 20.4. The van der Waals surface area contributed by atoms with E-state index in [2.05, 4.69) is 15.3 Å². The minimum absolute atomic E-state index is 0.0456. The van der Waals surface area contributed by atoms with Gasteiger partial charge in [0.1, 0.15) is 18.1 Å². The number of hydrogen-bond donors (Lipinski definition) is 0. The second kappa shape index (κ2) is 7.71. The summed E-state index contributed by atoms with van der Waals surface area (Å²) in [6.45, 7) is 5.28. The number of ketones is 1. The number of ether oxygens (including phenoxy) is 2. The van der Waals surface area contributed by atoms with Crippen LogP contribution in [0.2, 0.25) is 0 Å². The summed E-state index contributed by atoms with van der Waals surface area (Å²) in [5.41, 5.74) is 2.61. The molecule has 8 heteroatoms. The molecular weight excluding hydrogens is 375 g/mol. The maximum Gasteiger partial charge on any atom is 0.213 e. The standard InChI is InChI=1S/C21H21FN4O3/c1-14-18(26(25-24-14)17-6-4-16(22)5-7-17)11-29-20-8-3-15(10-23-20)19(27)9-21(2)12-28-13-21/h3-8,10H,9,11-13H2,1-2H3. The molecule has 4 rings (SSSR count). The number of aryl methyl sites for hydroxylation is 1. The molecule has 0 saturated carbocycles. The Balaban J connectivity index is 1.42. The van der Waals surface area contributed by atoms with Crippen LogP contribution in [-0.2, 0) is 11.3 Å². The number of hydrogen-bond acceptors (Lipinski definition) is 6. The highest BCUT2D eigenvalue weighted by molar-refractivity contribution is 5.96. The number of carbonyl (C=O) groups excluding carboxylic acids is 1. The Morgan fingerprint density at radius 1 is 1.24 bits per heavy atom. The summed E-state index contributed by atoms with van der Waals surface area (Å²) in [6.07, 6.45) is 1.97. The molecule has 7 nitrogen and oxygen atoms in total. The lowest BCUT2D eigenvalue weighted by Crippen LogP contribution is -2.41. The molecule has 1 fully saturated rings. The third-order valence-corrected chi connectivity index (χ3v) is 4.93. The molecule has 0 spiro atoms. The first-order chi connectivity index (χ1) is 13.9. The van der Waals surface area contributed by atoms with E-state index in [4.69, 9.17) is 9.47 Å². The van der Waals surface area contributed by atoms with Crippen molar-refractivity contribution in [2.75, 3.05) is 13.2 Å². The molecule has 1 saturated heterocycles. The molecule has 0 amide bonds. The smallest absolute Gasteiger partial charge is 0.213 e. The fraction of sp³-hybridized carbons (Fsp3) is 0.333. The second-order valence-corrected chi connectivity index (χ2v) is 7.59. The number of aromatic nitrogens is 4. The number of rotatable bonds is 7. The van der Waals surface area contributed by atoms with Crippen LogP contribution in [-0.4, -0.2) is 39.0 Å². The molecule has 1 aliphatic heterocycles. The van der Waals surface area contributed by atoms with Gasteiger partial charge in [0.25, 0.3) is 0 Å². The first kappa shape index (κ1) is 19.2. The van der Waals surface area contributed by atoms with Gasteiger partial charge in [-0.1, -0.05) is 12.1 Å². The number of carbonyl (C=O) groups is 1. The minimum atomic E-state index is -0.318. The number of halogens is 1. The minimum Gasteiger partial charge on any atom is -0.471 e. The molecule has 3 aromatic rings. The van der Waals surface area contributed by atoms with Crippen LogP contribution < -0.4 is 4.74 Å². The Labute approximate surface area is 167 Å². The van der Waals surface area contributed by atoms with Crippen LogP contribution in [0.1, 0.15) is 35.1 Å². The van der Waals surface area contributed by atoms with E-state index in [1.165, 1.54) is 18.3 Å². The van der Waals surface area contributed by atoms with Gasteiger partial charge in [0.05, 0.1) is 24.6 Å². The van der Waals surface area contributed by atoms with Crippen molar-refractivity contribution >= 4 is 5.78 Å². The molecule has 150 valence electrons. The fourth-order valence-corrected chi connectivity index (χ4v) is 3.15. The van der Waals surface area contributed by atoms with Crippen molar-refractivity contribution in [3.8, 4) is 11.6 Å². The Bertz CT molecular complexity index is 1010. The highest BCUT2D eigenvalue weighted by Crippen LogP contribution is 2.31. The van der Waals surface area contributed by atoms with Gasteiger partial charge in [-0.2, -0.15) is 0 Å². The lowest BCUT2D eigenvalue weighted by molar-refractivity contribution is -0.0996. The molecule has 2 aromatic heterocycles. The summed E-state index contributed by atoms with van der Waals surface area (Å²) in [4.78, 5) is 16.6. The third kappa shape index (κ3) is 4.17. The Morgan fingerprint density at radius 3 is 2.62 bits per heavy atom. The summed E-state index contributed by atoms with van der Waals surface area (Å²) >= 11 is 0. The van der Waals surface area contributed by atoms with Gasteiger partial charge in [0.2, 0.25) is 5.88 Å².